The predicted molar refractivity (Wildman–Crippen MR) is 103 cm³/mol. The molecule has 6 heteroatoms. The van der Waals surface area contributed by atoms with Crippen LogP contribution in [0, 0.1) is 25.2 Å². The summed E-state index contributed by atoms with van der Waals surface area (Å²) < 4.78 is 27.2. The fourth-order valence-corrected chi connectivity index (χ4v) is 5.15. The van der Waals surface area contributed by atoms with Gasteiger partial charge in [0.15, 0.2) is 0 Å². The molecule has 1 aliphatic rings. The maximum Gasteiger partial charge on any atom is 0.243 e. The molecule has 0 atom stereocenters. The number of nitriles is 1. The Morgan fingerprint density at radius 3 is 2.27 bits per heavy atom. The average molecular weight is 389 g/mol. The van der Waals surface area contributed by atoms with Crippen molar-refractivity contribution < 1.29 is 8.42 Å². The van der Waals surface area contributed by atoms with Gasteiger partial charge in [-0.1, -0.05) is 41.4 Å². The van der Waals surface area contributed by atoms with E-state index in [1.807, 2.05) is 32.0 Å². The molecule has 1 fully saturated rings. The van der Waals surface area contributed by atoms with Gasteiger partial charge in [0.05, 0.1) is 16.4 Å². The Balaban J connectivity index is 1.87. The number of aryl methyl sites for hydroxylation is 1. The molecular weight excluding hydrogens is 368 g/mol. The van der Waals surface area contributed by atoms with Gasteiger partial charge in [-0.25, -0.2) is 8.42 Å². The summed E-state index contributed by atoms with van der Waals surface area (Å²) >= 11 is 6.23. The normalized spacial score (nSPS) is 17.6. The van der Waals surface area contributed by atoms with Crippen molar-refractivity contribution in [2.24, 2.45) is 0 Å². The molecule has 0 unspecified atom stereocenters. The first-order chi connectivity index (χ1) is 12.3. The lowest BCUT2D eigenvalue weighted by Gasteiger charge is -2.37. The van der Waals surface area contributed by atoms with Crippen LogP contribution < -0.4 is 0 Å². The van der Waals surface area contributed by atoms with Crippen LogP contribution in [0.4, 0.5) is 0 Å². The molecule has 0 bridgehead atoms. The molecule has 1 aliphatic heterocycles. The molecule has 4 nitrogen and oxygen atoms in total. The standard InChI is InChI=1S/C20H21ClN2O2S/c1-15-6-8-17(9-7-15)26(24,25)23-12-10-20(14-22,11-13-23)18-4-3-5-19(21)16(18)2/h3-9H,10-13H2,1-2H3. The summed E-state index contributed by atoms with van der Waals surface area (Å²) in [6.45, 7) is 4.46. The van der Waals surface area contributed by atoms with Gasteiger partial charge in [0.25, 0.3) is 0 Å². The van der Waals surface area contributed by atoms with Gasteiger partial charge < -0.3 is 0 Å². The molecule has 0 aromatic heterocycles. The number of halogens is 1. The first kappa shape index (κ1) is 18.9. The second-order valence-corrected chi connectivity index (χ2v) is 9.17. The van der Waals surface area contributed by atoms with Crippen molar-refractivity contribution in [1.29, 1.82) is 5.26 Å². The summed E-state index contributed by atoms with van der Waals surface area (Å²) in [6, 6.07) is 14.9. The third kappa shape index (κ3) is 3.25. The zero-order chi connectivity index (χ0) is 18.9. The highest BCUT2D eigenvalue weighted by Gasteiger charge is 2.41. The molecule has 2 aromatic rings. The Labute approximate surface area is 160 Å². The molecule has 0 spiro atoms. The number of benzene rings is 2. The quantitative estimate of drug-likeness (QED) is 0.791. The maximum atomic E-state index is 12.9. The minimum Gasteiger partial charge on any atom is -0.207 e. The van der Waals surface area contributed by atoms with Crippen LogP contribution >= 0.6 is 11.6 Å². The summed E-state index contributed by atoms with van der Waals surface area (Å²) in [5.41, 5.74) is 2.11. The molecule has 0 N–H and O–H groups in total. The fraction of sp³-hybridized carbons (Fsp3) is 0.350. The second kappa shape index (κ2) is 7.03. The lowest BCUT2D eigenvalue weighted by molar-refractivity contribution is 0.276. The first-order valence-electron chi connectivity index (χ1n) is 8.54. The largest absolute Gasteiger partial charge is 0.243 e. The van der Waals surface area contributed by atoms with Gasteiger partial charge in [0.1, 0.15) is 0 Å². The summed E-state index contributed by atoms with van der Waals surface area (Å²) in [5, 5.41) is 10.5. The third-order valence-electron chi connectivity index (χ3n) is 5.23. The number of hydrogen-bond acceptors (Lipinski definition) is 3. The molecule has 26 heavy (non-hydrogen) atoms. The number of hydrogen-bond donors (Lipinski definition) is 0. The zero-order valence-corrected chi connectivity index (χ0v) is 16.4. The lowest BCUT2D eigenvalue weighted by atomic mass is 9.73. The van der Waals surface area contributed by atoms with Crippen LogP contribution in [0.25, 0.3) is 0 Å². The van der Waals surface area contributed by atoms with Crippen LogP contribution in [-0.2, 0) is 15.4 Å². The number of nitrogens with zero attached hydrogens (tertiary/aromatic N) is 2. The molecule has 0 saturated carbocycles. The van der Waals surface area contributed by atoms with E-state index in [9.17, 15) is 13.7 Å². The van der Waals surface area contributed by atoms with Gasteiger partial charge in [-0.15, -0.1) is 0 Å². The molecule has 0 amide bonds. The van der Waals surface area contributed by atoms with Crippen LogP contribution in [0.1, 0.15) is 29.5 Å². The van der Waals surface area contributed by atoms with Crippen LogP contribution in [-0.4, -0.2) is 25.8 Å². The SMILES string of the molecule is Cc1ccc(S(=O)(=O)N2CCC(C#N)(c3cccc(Cl)c3C)CC2)cc1. The molecule has 0 aliphatic carbocycles. The second-order valence-electron chi connectivity index (χ2n) is 6.82. The van der Waals surface area contributed by atoms with E-state index in [2.05, 4.69) is 6.07 Å². The Bertz CT molecular complexity index is 954. The zero-order valence-electron chi connectivity index (χ0n) is 14.9. The molecule has 1 heterocycles. The third-order valence-corrected chi connectivity index (χ3v) is 7.55. The minimum atomic E-state index is -3.54. The van der Waals surface area contributed by atoms with E-state index in [0.29, 0.717) is 35.8 Å². The van der Waals surface area contributed by atoms with E-state index in [1.165, 1.54) is 4.31 Å². The molecule has 2 aromatic carbocycles. The summed E-state index contributed by atoms with van der Waals surface area (Å²) in [6.07, 6.45) is 0.908. The number of rotatable bonds is 3. The van der Waals surface area contributed by atoms with E-state index in [0.717, 1.165) is 16.7 Å². The molecular formula is C20H21ClN2O2S. The minimum absolute atomic E-state index is 0.298. The Morgan fingerprint density at radius 2 is 1.69 bits per heavy atom. The van der Waals surface area contributed by atoms with Crippen LogP contribution in [0.2, 0.25) is 5.02 Å². The number of sulfonamides is 1. The molecule has 1 saturated heterocycles. The molecule has 3 rings (SSSR count). The molecule has 0 radical (unpaired) electrons. The van der Waals surface area contributed by atoms with Crippen LogP contribution in [0.5, 0.6) is 0 Å². The van der Waals surface area contributed by atoms with Crippen molar-refractivity contribution in [3.05, 3.63) is 64.2 Å². The van der Waals surface area contributed by atoms with E-state index >= 15 is 0 Å². The van der Waals surface area contributed by atoms with Gasteiger partial charge >= 0.3 is 0 Å². The summed E-state index contributed by atoms with van der Waals surface area (Å²) in [4.78, 5) is 0.298. The first-order valence-corrected chi connectivity index (χ1v) is 10.4. The van der Waals surface area contributed by atoms with Crippen molar-refractivity contribution in [3.63, 3.8) is 0 Å². The molecule has 136 valence electrons. The summed E-state index contributed by atoms with van der Waals surface area (Å²) in [7, 11) is -3.54. The van der Waals surface area contributed by atoms with Gasteiger partial charge in [-0.2, -0.15) is 9.57 Å². The van der Waals surface area contributed by atoms with Crippen molar-refractivity contribution >= 4 is 21.6 Å². The van der Waals surface area contributed by atoms with E-state index in [1.54, 1.807) is 24.3 Å². The summed E-state index contributed by atoms with van der Waals surface area (Å²) in [5.74, 6) is 0. The van der Waals surface area contributed by atoms with Crippen molar-refractivity contribution in [2.75, 3.05) is 13.1 Å². The highest BCUT2D eigenvalue weighted by molar-refractivity contribution is 7.89. The van der Waals surface area contributed by atoms with E-state index in [4.69, 9.17) is 11.6 Å². The maximum absolute atomic E-state index is 12.9. The lowest BCUT2D eigenvalue weighted by Crippen LogP contribution is -2.44. The monoisotopic (exact) mass is 388 g/mol. The van der Waals surface area contributed by atoms with Crippen molar-refractivity contribution in [3.8, 4) is 6.07 Å². The van der Waals surface area contributed by atoms with E-state index < -0.39 is 15.4 Å². The highest BCUT2D eigenvalue weighted by atomic mass is 35.5. The Morgan fingerprint density at radius 1 is 1.08 bits per heavy atom. The smallest absolute Gasteiger partial charge is 0.207 e. The topological polar surface area (TPSA) is 61.2 Å². The van der Waals surface area contributed by atoms with Crippen LogP contribution in [0.15, 0.2) is 47.4 Å². The highest BCUT2D eigenvalue weighted by Crippen LogP contribution is 2.39. The van der Waals surface area contributed by atoms with E-state index in [-0.39, 0.29) is 0 Å². The Kier molecular flexibility index (Phi) is 5.12. The Hall–Kier alpha value is -1.87. The fourth-order valence-electron chi connectivity index (χ4n) is 3.53. The van der Waals surface area contributed by atoms with Gasteiger partial charge in [0, 0.05) is 18.1 Å². The van der Waals surface area contributed by atoms with Gasteiger partial charge in [-0.3, -0.25) is 0 Å². The average Bonchev–Trinajstić information content (AvgIpc) is 2.64. The van der Waals surface area contributed by atoms with Gasteiger partial charge in [0.2, 0.25) is 10.0 Å². The van der Waals surface area contributed by atoms with Crippen molar-refractivity contribution in [2.45, 2.75) is 37.0 Å². The number of piperidine rings is 1. The predicted octanol–water partition coefficient (Wildman–Crippen LogP) is 4.20. The van der Waals surface area contributed by atoms with Crippen LogP contribution in [0.3, 0.4) is 0 Å². The van der Waals surface area contributed by atoms with Crippen molar-refractivity contribution in [1.82, 2.24) is 4.31 Å². The van der Waals surface area contributed by atoms with Gasteiger partial charge in [-0.05, 0) is 56.0 Å².